The second-order valence-electron chi connectivity index (χ2n) is 11.0. The smallest absolute Gasteiger partial charge is 0.136 e. The lowest BCUT2D eigenvalue weighted by molar-refractivity contribution is -0.142. The van der Waals surface area contributed by atoms with Crippen LogP contribution in [0.3, 0.4) is 0 Å². The number of ketones is 1. The highest BCUT2D eigenvalue weighted by Gasteiger charge is 2.56. The molecule has 0 aromatic heterocycles. The molecule has 5 rings (SSSR count). The topological polar surface area (TPSA) is 17.1 Å². The van der Waals surface area contributed by atoms with Gasteiger partial charge in [-0.3, -0.25) is 4.79 Å². The van der Waals surface area contributed by atoms with Crippen molar-refractivity contribution < 1.29 is 9.18 Å². The van der Waals surface area contributed by atoms with Crippen molar-refractivity contribution in [1.29, 1.82) is 0 Å². The molecule has 0 amide bonds. The lowest BCUT2D eigenvalue weighted by atomic mass is 9.43. The number of fused-ring (bicyclic) bond motifs is 2. The first-order valence-corrected chi connectivity index (χ1v) is 12.3. The monoisotopic (exact) mass is 410 g/mol. The molecule has 4 aliphatic carbocycles. The van der Waals surface area contributed by atoms with Gasteiger partial charge in [-0.2, -0.15) is 0 Å². The second-order valence-corrected chi connectivity index (χ2v) is 11.0. The summed E-state index contributed by atoms with van der Waals surface area (Å²) in [5, 5.41) is 0. The molecular weight excluding hydrogens is 371 g/mol. The van der Waals surface area contributed by atoms with E-state index in [1.54, 1.807) is 12.1 Å². The molecule has 0 radical (unpaired) electrons. The van der Waals surface area contributed by atoms with Gasteiger partial charge in [0.15, 0.2) is 0 Å². The molecule has 4 aliphatic rings. The van der Waals surface area contributed by atoms with Crippen LogP contribution in [0.15, 0.2) is 35.9 Å². The average molecular weight is 411 g/mol. The van der Waals surface area contributed by atoms with Gasteiger partial charge in [0.25, 0.3) is 0 Å². The van der Waals surface area contributed by atoms with E-state index in [4.69, 9.17) is 0 Å². The van der Waals surface area contributed by atoms with Crippen LogP contribution in [-0.4, -0.2) is 5.78 Å². The van der Waals surface area contributed by atoms with E-state index in [1.807, 2.05) is 12.1 Å². The van der Waals surface area contributed by atoms with Gasteiger partial charge >= 0.3 is 0 Å². The molecule has 1 aromatic rings. The second kappa shape index (κ2) is 8.60. The van der Waals surface area contributed by atoms with Crippen LogP contribution in [0.2, 0.25) is 0 Å². The lowest BCUT2D eigenvalue weighted by Gasteiger charge is -2.62. The summed E-state index contributed by atoms with van der Waals surface area (Å²) in [5.74, 6) is 3.21. The van der Waals surface area contributed by atoms with Crippen LogP contribution in [0.4, 0.5) is 4.39 Å². The number of carbonyl (C=O) groups excluding carboxylic acids is 1. The number of benzene rings is 1. The van der Waals surface area contributed by atoms with E-state index in [-0.39, 0.29) is 17.7 Å². The Bertz CT molecular complexity index is 807. The average Bonchev–Trinajstić information content (AvgIpc) is 2.73. The fourth-order valence-corrected chi connectivity index (χ4v) is 6.92. The number of allylic oxidation sites excluding steroid dienone is 2. The number of carbonyl (C=O) groups is 1. The van der Waals surface area contributed by atoms with E-state index in [1.165, 1.54) is 18.4 Å². The molecule has 2 bridgehead atoms. The fraction of sp³-hybridized carbons (Fsp3) is 0.679. The molecule has 1 nitrogen and oxygen atoms in total. The zero-order valence-corrected chi connectivity index (χ0v) is 19.3. The first-order valence-electron chi connectivity index (χ1n) is 12.3. The van der Waals surface area contributed by atoms with Crippen molar-refractivity contribution in [3.05, 3.63) is 47.3 Å². The van der Waals surface area contributed by atoms with Gasteiger partial charge in [-0.1, -0.05) is 64.0 Å². The summed E-state index contributed by atoms with van der Waals surface area (Å²) >= 11 is 0. The van der Waals surface area contributed by atoms with Gasteiger partial charge in [0.1, 0.15) is 11.6 Å². The fourth-order valence-electron chi connectivity index (χ4n) is 6.92. The summed E-state index contributed by atoms with van der Waals surface area (Å²) in [6.07, 6.45) is 10.5. The molecule has 3 fully saturated rings. The number of hydrogen-bond donors (Lipinski definition) is 0. The maximum atomic E-state index is 14.6. The van der Waals surface area contributed by atoms with E-state index in [2.05, 4.69) is 33.8 Å². The summed E-state index contributed by atoms with van der Waals surface area (Å²) in [6, 6.07) is 7.18. The van der Waals surface area contributed by atoms with Crippen LogP contribution in [-0.2, 0) is 4.79 Å². The lowest BCUT2D eigenvalue weighted by Crippen LogP contribution is -2.55. The Labute approximate surface area is 182 Å². The van der Waals surface area contributed by atoms with Gasteiger partial charge in [-0.15, -0.1) is 0 Å². The third kappa shape index (κ3) is 3.92. The Kier molecular flexibility index (Phi) is 6.24. The summed E-state index contributed by atoms with van der Waals surface area (Å²) in [5.41, 5.74) is 2.60. The van der Waals surface area contributed by atoms with Crippen molar-refractivity contribution >= 4 is 5.78 Å². The number of Topliss-reactive ketones (excluding diaryl/α,β-unsaturated/α-hetero) is 1. The minimum absolute atomic E-state index is 0.0541. The predicted molar refractivity (Wildman–Crippen MR) is 122 cm³/mol. The molecular formula is C28H39FO. The first-order chi connectivity index (χ1) is 14.3. The zero-order chi connectivity index (χ0) is 21.5. The van der Waals surface area contributed by atoms with Crippen molar-refractivity contribution in [3.63, 3.8) is 0 Å². The summed E-state index contributed by atoms with van der Waals surface area (Å²) in [6.45, 7) is 9.42. The Morgan fingerprint density at radius 1 is 1.17 bits per heavy atom. The van der Waals surface area contributed by atoms with Crippen molar-refractivity contribution in [1.82, 2.24) is 0 Å². The van der Waals surface area contributed by atoms with Crippen LogP contribution < -0.4 is 0 Å². The maximum absolute atomic E-state index is 14.6. The molecule has 0 aliphatic heterocycles. The molecule has 0 spiro atoms. The third-order valence-electron chi connectivity index (χ3n) is 9.16. The predicted octanol–water partition coefficient (Wildman–Crippen LogP) is 7.71. The van der Waals surface area contributed by atoms with Crippen LogP contribution in [0.5, 0.6) is 0 Å². The molecule has 6 atom stereocenters. The van der Waals surface area contributed by atoms with E-state index in [0.29, 0.717) is 23.0 Å². The highest BCUT2D eigenvalue weighted by atomic mass is 19.1. The highest BCUT2D eigenvalue weighted by molar-refractivity contribution is 5.82. The van der Waals surface area contributed by atoms with Crippen molar-refractivity contribution in [2.75, 3.05) is 0 Å². The van der Waals surface area contributed by atoms with Crippen molar-refractivity contribution in [2.24, 2.45) is 35.0 Å². The molecule has 0 N–H and O–H groups in total. The quantitative estimate of drug-likeness (QED) is 0.421. The molecule has 1 aromatic carbocycles. The molecule has 164 valence electrons. The van der Waals surface area contributed by atoms with Crippen LogP contribution >= 0.6 is 0 Å². The normalized spacial score (nSPS) is 34.8. The maximum Gasteiger partial charge on any atom is 0.136 e. The number of halogens is 1. The van der Waals surface area contributed by atoms with E-state index >= 15 is 0 Å². The van der Waals surface area contributed by atoms with Crippen molar-refractivity contribution in [3.8, 4) is 0 Å². The number of unbranched alkanes of at least 4 members (excludes halogenated alkanes) is 1. The number of hydrogen-bond acceptors (Lipinski definition) is 1. The highest BCUT2D eigenvalue weighted by Crippen LogP contribution is 2.63. The largest absolute Gasteiger partial charge is 0.299 e. The summed E-state index contributed by atoms with van der Waals surface area (Å²) < 4.78 is 14.6. The van der Waals surface area contributed by atoms with Crippen LogP contribution in [0.25, 0.3) is 0 Å². The van der Waals surface area contributed by atoms with Gasteiger partial charge in [-0.25, -0.2) is 4.39 Å². The summed E-state index contributed by atoms with van der Waals surface area (Å²) in [4.78, 5) is 13.4. The molecule has 0 saturated heterocycles. The van der Waals surface area contributed by atoms with E-state index in [9.17, 15) is 9.18 Å². The van der Waals surface area contributed by atoms with Gasteiger partial charge in [0.05, 0.1) is 0 Å². The Balaban J connectivity index is 1.46. The van der Waals surface area contributed by atoms with E-state index in [0.717, 1.165) is 55.9 Å². The standard InChI is InChI=1S/C28H39FO/c1-5-6-9-19-12-13-20(15-24(19)23-10-7-8-11-26(23)29)27(30)16-21-14-22-17-25(18(21)2)28(22,3)4/h7-8,10-12,18,20-22,24-25H,5-6,9,13-17H2,1-4H3/t18-,20?,21-,22?,24?,25?/m1/s1. The SMILES string of the molecule is CCCCC1=CCC(C(=O)C[C@H]2CC3CC([C@@H]2C)C3(C)C)CC1c1ccccc1F. The van der Waals surface area contributed by atoms with Gasteiger partial charge < -0.3 is 0 Å². The molecule has 30 heavy (non-hydrogen) atoms. The summed E-state index contributed by atoms with van der Waals surface area (Å²) in [7, 11) is 0. The van der Waals surface area contributed by atoms with E-state index < -0.39 is 0 Å². The van der Waals surface area contributed by atoms with Gasteiger partial charge in [-0.05, 0) is 79.2 Å². The van der Waals surface area contributed by atoms with Crippen LogP contribution in [0, 0.1) is 40.8 Å². The van der Waals surface area contributed by atoms with Gasteiger partial charge in [0.2, 0.25) is 0 Å². The van der Waals surface area contributed by atoms with Crippen molar-refractivity contribution in [2.45, 2.75) is 85.0 Å². The minimum Gasteiger partial charge on any atom is -0.299 e. The minimum atomic E-state index is -0.124. The van der Waals surface area contributed by atoms with Crippen LogP contribution in [0.1, 0.15) is 90.5 Å². The third-order valence-corrected chi connectivity index (χ3v) is 9.16. The molecule has 3 saturated carbocycles. The molecule has 4 unspecified atom stereocenters. The zero-order valence-electron chi connectivity index (χ0n) is 19.3. The molecule has 0 heterocycles. The number of rotatable bonds is 7. The Morgan fingerprint density at radius 3 is 2.60 bits per heavy atom. The molecule has 2 heteroatoms. The Morgan fingerprint density at radius 2 is 1.93 bits per heavy atom. The van der Waals surface area contributed by atoms with Gasteiger partial charge in [0, 0.05) is 18.3 Å². The first kappa shape index (κ1) is 21.8. The Hall–Kier alpha value is -1.44.